The molecule has 182 valence electrons. The van der Waals surface area contributed by atoms with E-state index in [-0.39, 0.29) is 0 Å². The molecule has 1 aliphatic carbocycles. The second kappa shape index (κ2) is 9.59. The molecule has 0 spiro atoms. The van der Waals surface area contributed by atoms with Crippen molar-refractivity contribution in [3.63, 3.8) is 0 Å². The molecule has 1 aliphatic rings. The van der Waals surface area contributed by atoms with Crippen molar-refractivity contribution in [1.29, 1.82) is 0 Å². The minimum absolute atomic E-state index is 0.311. The summed E-state index contributed by atoms with van der Waals surface area (Å²) in [6.45, 7) is 0. The average Bonchev–Trinajstić information content (AvgIpc) is 2.97. The summed E-state index contributed by atoms with van der Waals surface area (Å²) >= 11 is 7.13. The van der Waals surface area contributed by atoms with Crippen molar-refractivity contribution in [2.75, 3.05) is 0 Å². The SMILES string of the molecule is OC1(C#Cc2cccc3ccccc23)C(Br)=C(Br)C(O)(C#Cc2cccc3ccccc23)c2ccccc21. The molecule has 2 nitrogen and oxygen atoms in total. The summed E-state index contributed by atoms with van der Waals surface area (Å²) in [6.07, 6.45) is 0. The smallest absolute Gasteiger partial charge is 0.185 e. The van der Waals surface area contributed by atoms with Gasteiger partial charge in [0.15, 0.2) is 11.2 Å². The highest BCUT2D eigenvalue weighted by molar-refractivity contribution is 9.14. The van der Waals surface area contributed by atoms with Gasteiger partial charge in [-0.15, -0.1) is 0 Å². The van der Waals surface area contributed by atoms with Gasteiger partial charge in [0.05, 0.1) is 8.96 Å². The molecule has 0 aromatic heterocycles. The van der Waals surface area contributed by atoms with Crippen molar-refractivity contribution >= 4 is 53.4 Å². The molecule has 2 atom stereocenters. The molecule has 2 unspecified atom stereocenters. The van der Waals surface area contributed by atoms with E-state index in [9.17, 15) is 10.2 Å². The number of halogens is 2. The van der Waals surface area contributed by atoms with Crippen LogP contribution in [0.1, 0.15) is 22.3 Å². The van der Waals surface area contributed by atoms with E-state index in [2.05, 4.69) is 55.5 Å². The molecule has 0 saturated carbocycles. The second-order valence-corrected chi connectivity index (χ2v) is 10.7. The lowest BCUT2D eigenvalue weighted by atomic mass is 9.76. The summed E-state index contributed by atoms with van der Waals surface area (Å²) in [5.74, 6) is 12.6. The first-order valence-electron chi connectivity index (χ1n) is 12.0. The van der Waals surface area contributed by atoms with Gasteiger partial charge in [0.1, 0.15) is 0 Å². The number of hydrogen-bond donors (Lipinski definition) is 2. The lowest BCUT2D eigenvalue weighted by Crippen LogP contribution is -2.39. The zero-order valence-corrected chi connectivity index (χ0v) is 23.2. The first-order valence-corrected chi connectivity index (χ1v) is 13.6. The predicted octanol–water partition coefficient (Wildman–Crippen LogP) is 7.49. The van der Waals surface area contributed by atoms with Crippen LogP contribution in [0.4, 0.5) is 0 Å². The molecule has 5 aromatic carbocycles. The molecule has 38 heavy (non-hydrogen) atoms. The van der Waals surface area contributed by atoms with E-state index in [0.29, 0.717) is 20.1 Å². The Balaban J connectivity index is 1.51. The molecule has 0 saturated heterocycles. The van der Waals surface area contributed by atoms with Crippen LogP contribution in [0.2, 0.25) is 0 Å². The lowest BCUT2D eigenvalue weighted by Gasteiger charge is -2.38. The van der Waals surface area contributed by atoms with Crippen molar-refractivity contribution < 1.29 is 10.2 Å². The highest BCUT2D eigenvalue weighted by Crippen LogP contribution is 2.51. The van der Waals surface area contributed by atoms with E-state index in [1.54, 1.807) is 12.1 Å². The van der Waals surface area contributed by atoms with Crippen LogP contribution < -0.4 is 0 Å². The van der Waals surface area contributed by atoms with E-state index in [4.69, 9.17) is 0 Å². The van der Waals surface area contributed by atoms with Crippen LogP contribution in [0.15, 0.2) is 118 Å². The minimum atomic E-state index is -1.69. The fraction of sp³-hybridized carbons (Fsp3) is 0.0588. The Labute approximate surface area is 237 Å². The molecule has 0 radical (unpaired) electrons. The van der Waals surface area contributed by atoms with E-state index >= 15 is 0 Å². The van der Waals surface area contributed by atoms with Gasteiger partial charge in [0.25, 0.3) is 0 Å². The third-order valence-corrected chi connectivity index (χ3v) is 9.34. The monoisotopic (exact) mass is 618 g/mol. The van der Waals surface area contributed by atoms with E-state index in [1.807, 2.05) is 97.1 Å². The zero-order valence-electron chi connectivity index (χ0n) is 20.0. The van der Waals surface area contributed by atoms with Crippen LogP contribution in [0.3, 0.4) is 0 Å². The lowest BCUT2D eigenvalue weighted by molar-refractivity contribution is 0.105. The summed E-state index contributed by atoms with van der Waals surface area (Å²) in [5.41, 5.74) is -0.835. The zero-order chi connectivity index (χ0) is 26.3. The van der Waals surface area contributed by atoms with Crippen molar-refractivity contribution in [3.8, 4) is 23.7 Å². The molecule has 2 N–H and O–H groups in total. The fourth-order valence-corrected chi connectivity index (χ4v) is 6.10. The number of benzene rings is 5. The number of hydrogen-bond acceptors (Lipinski definition) is 2. The van der Waals surface area contributed by atoms with Crippen molar-refractivity contribution in [2.24, 2.45) is 0 Å². The molecule has 0 bridgehead atoms. The number of fused-ring (bicyclic) bond motifs is 3. The Morgan fingerprint density at radius 1 is 0.474 bits per heavy atom. The minimum Gasteiger partial charge on any atom is -0.369 e. The first-order chi connectivity index (χ1) is 18.4. The maximum absolute atomic E-state index is 12.0. The molecule has 0 heterocycles. The summed E-state index contributed by atoms with van der Waals surface area (Å²) in [7, 11) is 0. The Bertz CT molecular complexity index is 1750. The van der Waals surface area contributed by atoms with Gasteiger partial charge in [-0.2, -0.15) is 0 Å². The quantitative estimate of drug-likeness (QED) is 0.176. The maximum atomic E-state index is 12.0. The van der Waals surface area contributed by atoms with Crippen LogP contribution >= 0.6 is 31.9 Å². The molecule has 4 heteroatoms. The predicted molar refractivity (Wildman–Crippen MR) is 161 cm³/mol. The van der Waals surface area contributed by atoms with Gasteiger partial charge >= 0.3 is 0 Å². The van der Waals surface area contributed by atoms with Crippen molar-refractivity contribution in [1.82, 2.24) is 0 Å². The van der Waals surface area contributed by atoms with E-state index < -0.39 is 11.2 Å². The van der Waals surface area contributed by atoms with Gasteiger partial charge in [-0.3, -0.25) is 0 Å². The van der Waals surface area contributed by atoms with Crippen LogP contribution in [0, 0.1) is 23.7 Å². The second-order valence-electron chi connectivity index (χ2n) is 9.15. The number of rotatable bonds is 0. The van der Waals surface area contributed by atoms with Crippen LogP contribution in [0.5, 0.6) is 0 Å². The highest BCUT2D eigenvalue weighted by Gasteiger charge is 2.48. The van der Waals surface area contributed by atoms with Crippen LogP contribution in [-0.2, 0) is 11.2 Å². The van der Waals surface area contributed by atoms with Gasteiger partial charge in [0.2, 0.25) is 0 Å². The topological polar surface area (TPSA) is 40.5 Å². The van der Waals surface area contributed by atoms with Crippen LogP contribution in [-0.4, -0.2) is 10.2 Å². The first kappa shape index (κ1) is 24.7. The van der Waals surface area contributed by atoms with Gasteiger partial charge < -0.3 is 10.2 Å². The molecule has 5 aromatic rings. The maximum Gasteiger partial charge on any atom is 0.185 e. The standard InChI is InChI=1S/C34H20Br2O2/c35-31-32(36)34(38,22-20-26-14-8-12-24-10-2-4-16-28(24)26)30-18-6-5-17-29(30)33(31,37)21-19-25-13-7-11-23-9-1-3-15-27(23)25/h1-18,37-38H. The normalized spacial score (nSPS) is 20.3. The Kier molecular flexibility index (Phi) is 6.23. The summed E-state index contributed by atoms with van der Waals surface area (Å²) in [6, 6.07) is 35.1. The Hall–Kier alpha value is -3.64. The van der Waals surface area contributed by atoms with Gasteiger partial charge in [0, 0.05) is 22.3 Å². The largest absolute Gasteiger partial charge is 0.369 e. The molecule has 0 amide bonds. The summed E-state index contributed by atoms with van der Waals surface area (Å²) < 4.78 is 0.623. The molecular weight excluding hydrogens is 600 g/mol. The fourth-order valence-electron chi connectivity index (χ4n) is 4.90. The summed E-state index contributed by atoms with van der Waals surface area (Å²) in [4.78, 5) is 0. The molecular formula is C34H20Br2O2. The van der Waals surface area contributed by atoms with Crippen molar-refractivity contribution in [2.45, 2.75) is 11.2 Å². The van der Waals surface area contributed by atoms with E-state index in [0.717, 1.165) is 32.7 Å². The molecule has 6 rings (SSSR count). The van der Waals surface area contributed by atoms with E-state index in [1.165, 1.54) is 0 Å². The Morgan fingerprint density at radius 3 is 1.29 bits per heavy atom. The Morgan fingerprint density at radius 2 is 0.842 bits per heavy atom. The molecule has 0 aliphatic heterocycles. The summed E-state index contributed by atoms with van der Waals surface area (Å²) in [5, 5.41) is 28.1. The number of aliphatic hydroxyl groups is 2. The van der Waals surface area contributed by atoms with Gasteiger partial charge in [-0.05, 0) is 65.5 Å². The highest BCUT2D eigenvalue weighted by atomic mass is 79.9. The third kappa shape index (κ3) is 3.99. The van der Waals surface area contributed by atoms with Crippen LogP contribution in [0.25, 0.3) is 21.5 Å². The average molecular weight is 620 g/mol. The van der Waals surface area contributed by atoms with Gasteiger partial charge in [-0.25, -0.2) is 0 Å². The van der Waals surface area contributed by atoms with Crippen molar-refractivity contribution in [3.05, 3.63) is 140 Å². The molecule has 0 fully saturated rings. The third-order valence-electron chi connectivity index (χ3n) is 6.87. The van der Waals surface area contributed by atoms with Gasteiger partial charge in [-0.1, -0.05) is 121 Å².